The first-order chi connectivity index (χ1) is 13.1. The zero-order valence-corrected chi connectivity index (χ0v) is 15.3. The van der Waals surface area contributed by atoms with Crippen molar-refractivity contribution in [1.29, 1.82) is 0 Å². The number of aromatic nitrogens is 3. The second kappa shape index (κ2) is 7.32. The van der Waals surface area contributed by atoms with E-state index in [2.05, 4.69) is 28.3 Å². The van der Waals surface area contributed by atoms with E-state index in [1.807, 2.05) is 18.2 Å². The Morgan fingerprint density at radius 2 is 2.19 bits per heavy atom. The van der Waals surface area contributed by atoms with Crippen molar-refractivity contribution in [2.75, 3.05) is 25.5 Å². The van der Waals surface area contributed by atoms with Crippen molar-refractivity contribution in [3.8, 4) is 0 Å². The van der Waals surface area contributed by atoms with Gasteiger partial charge in [0.25, 0.3) is 0 Å². The summed E-state index contributed by atoms with van der Waals surface area (Å²) in [6.45, 7) is 3.17. The number of pyridine rings is 1. The highest BCUT2D eigenvalue weighted by molar-refractivity contribution is 5.93. The molecule has 0 amide bonds. The lowest BCUT2D eigenvalue weighted by molar-refractivity contribution is -0.396. The normalized spacial score (nSPS) is 14.3. The van der Waals surface area contributed by atoms with Crippen LogP contribution in [0.3, 0.4) is 0 Å². The van der Waals surface area contributed by atoms with Crippen LogP contribution in [0.15, 0.2) is 36.7 Å². The van der Waals surface area contributed by atoms with E-state index in [-0.39, 0.29) is 5.95 Å². The molecule has 1 aliphatic heterocycles. The van der Waals surface area contributed by atoms with Crippen LogP contribution in [-0.2, 0) is 19.5 Å². The van der Waals surface area contributed by atoms with Crippen LogP contribution in [-0.4, -0.2) is 44.5 Å². The Hall–Kier alpha value is -3.00. The fourth-order valence-electron chi connectivity index (χ4n) is 3.64. The second-order valence-electron chi connectivity index (χ2n) is 6.88. The smallest absolute Gasteiger partial charge is 0.390 e. The lowest BCUT2D eigenvalue weighted by Gasteiger charge is -2.27. The molecule has 2 aromatic heterocycles. The number of rotatable bonds is 6. The maximum atomic E-state index is 11.0. The molecule has 8 heteroatoms. The van der Waals surface area contributed by atoms with Crippen LogP contribution in [0, 0.1) is 10.1 Å². The van der Waals surface area contributed by atoms with Gasteiger partial charge in [-0.1, -0.05) is 23.2 Å². The van der Waals surface area contributed by atoms with E-state index in [0.717, 1.165) is 49.1 Å². The van der Waals surface area contributed by atoms with Crippen molar-refractivity contribution in [3.63, 3.8) is 0 Å². The minimum atomic E-state index is -0.448. The molecule has 0 bridgehead atoms. The Morgan fingerprint density at radius 3 is 3.04 bits per heavy atom. The molecule has 27 heavy (non-hydrogen) atoms. The lowest BCUT2D eigenvalue weighted by atomic mass is 10.00. The molecule has 4 rings (SSSR count). The number of hydrogen-bond acceptors (Lipinski definition) is 6. The average Bonchev–Trinajstić information content (AvgIpc) is 3.13. The number of benzene rings is 1. The van der Waals surface area contributed by atoms with Gasteiger partial charge in [0.15, 0.2) is 0 Å². The number of anilines is 1. The number of imidazole rings is 1. The van der Waals surface area contributed by atoms with Gasteiger partial charge in [-0.05, 0) is 24.5 Å². The molecule has 0 fully saturated rings. The van der Waals surface area contributed by atoms with E-state index in [1.165, 1.54) is 17.5 Å². The van der Waals surface area contributed by atoms with Gasteiger partial charge in [-0.15, -0.1) is 0 Å². The number of nitro groups is 1. The minimum absolute atomic E-state index is 0.108. The lowest BCUT2D eigenvalue weighted by Crippen LogP contribution is -2.28. The van der Waals surface area contributed by atoms with Crippen molar-refractivity contribution in [1.82, 2.24) is 19.4 Å². The number of hydrogen-bond donors (Lipinski definition) is 1. The van der Waals surface area contributed by atoms with Crippen molar-refractivity contribution in [2.24, 2.45) is 0 Å². The Balaban J connectivity index is 1.53. The molecule has 8 nitrogen and oxygen atoms in total. The van der Waals surface area contributed by atoms with Crippen LogP contribution < -0.4 is 5.32 Å². The van der Waals surface area contributed by atoms with E-state index in [1.54, 1.807) is 10.8 Å². The summed E-state index contributed by atoms with van der Waals surface area (Å²) in [5, 5.41) is 15.7. The van der Waals surface area contributed by atoms with Gasteiger partial charge in [-0.2, -0.15) is 0 Å². The van der Waals surface area contributed by atoms with E-state index < -0.39 is 4.92 Å². The topological polar surface area (TPSA) is 89.1 Å². The van der Waals surface area contributed by atoms with Gasteiger partial charge >= 0.3 is 5.95 Å². The zero-order chi connectivity index (χ0) is 18.8. The molecule has 0 spiro atoms. The molecule has 0 saturated carbocycles. The summed E-state index contributed by atoms with van der Waals surface area (Å²) in [7, 11) is 2.13. The monoisotopic (exact) mass is 366 g/mol. The van der Waals surface area contributed by atoms with Gasteiger partial charge in [0.1, 0.15) is 12.4 Å². The van der Waals surface area contributed by atoms with Crippen LogP contribution >= 0.6 is 0 Å². The van der Waals surface area contributed by atoms with Gasteiger partial charge in [0.2, 0.25) is 0 Å². The molecular weight excluding hydrogens is 344 g/mol. The molecule has 1 aliphatic rings. The standard InChI is InChI=1S/C19H22N6O2/c1-23-11-7-17-15(13-23)18(14-5-2-3-6-16(14)22-17)20-8-4-10-24-12-9-21-19(24)25(26)27/h2-3,5-6,9,12H,4,7-8,10-11,13H2,1H3,(H,20,22). The summed E-state index contributed by atoms with van der Waals surface area (Å²) in [4.78, 5) is 21.5. The molecule has 0 radical (unpaired) electrons. The highest BCUT2D eigenvalue weighted by Crippen LogP contribution is 2.31. The fourth-order valence-corrected chi connectivity index (χ4v) is 3.64. The van der Waals surface area contributed by atoms with Crippen molar-refractivity contribution >= 4 is 22.5 Å². The predicted octanol–water partition coefficient (Wildman–Crippen LogP) is 2.83. The SMILES string of the molecule is CN1CCc2nc3ccccc3c(NCCCn3ccnc3[N+](=O)[O-])c2C1. The Labute approximate surface area is 157 Å². The second-order valence-corrected chi connectivity index (χ2v) is 6.88. The highest BCUT2D eigenvalue weighted by Gasteiger charge is 2.20. The van der Waals surface area contributed by atoms with Gasteiger partial charge in [-0.25, -0.2) is 4.57 Å². The quantitative estimate of drug-likeness (QED) is 0.410. The van der Waals surface area contributed by atoms with Crippen LogP contribution in [0.1, 0.15) is 17.7 Å². The Morgan fingerprint density at radius 1 is 1.33 bits per heavy atom. The maximum absolute atomic E-state index is 11.0. The molecule has 0 aliphatic carbocycles. The molecule has 3 heterocycles. The summed E-state index contributed by atoms with van der Waals surface area (Å²) < 4.78 is 1.58. The number of nitrogens with one attached hydrogen (secondary N) is 1. The minimum Gasteiger partial charge on any atom is -0.390 e. The fraction of sp³-hybridized carbons (Fsp3) is 0.368. The van der Waals surface area contributed by atoms with Crippen molar-refractivity contribution in [3.05, 3.63) is 58.0 Å². The number of aryl methyl sites for hydroxylation is 1. The molecule has 0 saturated heterocycles. The summed E-state index contributed by atoms with van der Waals surface area (Å²) >= 11 is 0. The summed E-state index contributed by atoms with van der Waals surface area (Å²) in [6, 6.07) is 8.19. The summed E-state index contributed by atoms with van der Waals surface area (Å²) in [5.74, 6) is -0.108. The van der Waals surface area contributed by atoms with Crippen molar-refractivity contribution < 1.29 is 4.92 Å². The maximum Gasteiger partial charge on any atom is 0.434 e. The van der Waals surface area contributed by atoms with E-state index in [4.69, 9.17) is 4.98 Å². The highest BCUT2D eigenvalue weighted by atomic mass is 16.6. The van der Waals surface area contributed by atoms with Crippen LogP contribution in [0.2, 0.25) is 0 Å². The predicted molar refractivity (Wildman–Crippen MR) is 104 cm³/mol. The zero-order valence-electron chi connectivity index (χ0n) is 15.3. The third-order valence-corrected chi connectivity index (χ3v) is 4.97. The molecule has 140 valence electrons. The Bertz CT molecular complexity index is 983. The number of nitrogens with zero attached hydrogens (tertiary/aromatic N) is 5. The van der Waals surface area contributed by atoms with Gasteiger partial charge in [0, 0.05) is 48.4 Å². The Kier molecular flexibility index (Phi) is 4.72. The van der Waals surface area contributed by atoms with Gasteiger partial charge in [-0.3, -0.25) is 4.98 Å². The van der Waals surface area contributed by atoms with E-state index >= 15 is 0 Å². The number of para-hydroxylation sites is 1. The van der Waals surface area contributed by atoms with Crippen LogP contribution in [0.25, 0.3) is 10.9 Å². The largest absolute Gasteiger partial charge is 0.434 e. The third-order valence-electron chi connectivity index (χ3n) is 4.97. The van der Waals surface area contributed by atoms with E-state index in [9.17, 15) is 10.1 Å². The number of fused-ring (bicyclic) bond motifs is 2. The summed E-state index contributed by atoms with van der Waals surface area (Å²) in [5.41, 5.74) is 4.58. The number of likely N-dealkylation sites (N-methyl/N-ethyl adjacent to an activating group) is 1. The molecule has 0 atom stereocenters. The average molecular weight is 366 g/mol. The molecule has 1 aromatic carbocycles. The molecule has 0 unspecified atom stereocenters. The third kappa shape index (κ3) is 3.48. The molecule has 1 N–H and O–H groups in total. The molecular formula is C19H22N6O2. The van der Waals surface area contributed by atoms with Crippen molar-refractivity contribution in [2.45, 2.75) is 25.9 Å². The van der Waals surface area contributed by atoms with Crippen LogP contribution in [0.4, 0.5) is 11.6 Å². The van der Waals surface area contributed by atoms with Gasteiger partial charge < -0.3 is 20.3 Å². The first-order valence-electron chi connectivity index (χ1n) is 9.12. The first-order valence-corrected chi connectivity index (χ1v) is 9.12. The first kappa shape index (κ1) is 17.4. The summed E-state index contributed by atoms with van der Waals surface area (Å²) in [6.07, 6.45) is 4.83. The molecule has 3 aromatic rings. The van der Waals surface area contributed by atoms with Crippen LogP contribution in [0.5, 0.6) is 0 Å². The van der Waals surface area contributed by atoms with E-state index in [0.29, 0.717) is 6.54 Å². The van der Waals surface area contributed by atoms with Gasteiger partial charge in [0.05, 0.1) is 12.1 Å².